The highest BCUT2D eigenvalue weighted by atomic mass is 16.5. The van der Waals surface area contributed by atoms with Gasteiger partial charge in [-0.25, -0.2) is 0 Å². The second-order valence-corrected chi connectivity index (χ2v) is 6.39. The van der Waals surface area contributed by atoms with Gasteiger partial charge in [-0.15, -0.1) is 0 Å². The van der Waals surface area contributed by atoms with Crippen LogP contribution in [0.25, 0.3) is 0 Å². The first-order valence-electron chi connectivity index (χ1n) is 9.12. The molecule has 0 saturated heterocycles. The number of benzene rings is 2. The quantitative estimate of drug-likeness (QED) is 0.764. The smallest absolute Gasteiger partial charge is 0.181 e. The Bertz CT molecular complexity index is 810. The number of rotatable bonds is 7. The van der Waals surface area contributed by atoms with Gasteiger partial charge in [-0.1, -0.05) is 66.7 Å². The van der Waals surface area contributed by atoms with Crippen molar-refractivity contribution in [2.75, 3.05) is 6.54 Å². The molecule has 0 heterocycles. The minimum atomic E-state index is -0.364. The Hall–Kier alpha value is -2.82. The first kappa shape index (κ1) is 19.0. The van der Waals surface area contributed by atoms with Gasteiger partial charge in [-0.3, -0.25) is 0 Å². The van der Waals surface area contributed by atoms with Crippen molar-refractivity contribution < 1.29 is 14.6 Å². The van der Waals surface area contributed by atoms with Gasteiger partial charge in [0.05, 0.1) is 0 Å². The molecule has 2 aromatic rings. The lowest BCUT2D eigenvalue weighted by atomic mass is 10.0. The Kier molecular flexibility index (Phi) is 6.85. The first-order valence-corrected chi connectivity index (χ1v) is 9.12. The van der Waals surface area contributed by atoms with Crippen molar-refractivity contribution in [3.63, 3.8) is 0 Å². The highest BCUT2D eigenvalue weighted by Gasteiger charge is 2.18. The maximum absolute atomic E-state index is 8.24. The van der Waals surface area contributed by atoms with Crippen LogP contribution in [0.3, 0.4) is 0 Å². The molecule has 0 radical (unpaired) electrons. The molecule has 0 saturated carbocycles. The van der Waals surface area contributed by atoms with Crippen LogP contribution in [-0.2, 0) is 22.7 Å². The molecule has 0 aliphatic heterocycles. The predicted octanol–water partition coefficient (Wildman–Crippen LogP) is 3.57. The molecule has 1 atom stereocenters. The molecule has 0 spiro atoms. The summed E-state index contributed by atoms with van der Waals surface area (Å²) < 4.78 is 12.1. The van der Waals surface area contributed by atoms with Gasteiger partial charge in [-0.05, 0) is 23.3 Å². The number of hydrogen-bond donors (Lipinski definition) is 1. The fourth-order valence-electron chi connectivity index (χ4n) is 2.79. The van der Waals surface area contributed by atoms with Crippen molar-refractivity contribution in [1.29, 1.82) is 0 Å². The maximum atomic E-state index is 8.24. The molecule has 1 unspecified atom stereocenters. The second-order valence-electron chi connectivity index (χ2n) is 6.39. The van der Waals surface area contributed by atoms with E-state index < -0.39 is 0 Å². The van der Waals surface area contributed by atoms with Crippen LogP contribution in [-0.4, -0.2) is 17.8 Å². The molecule has 1 aliphatic carbocycles. The lowest BCUT2D eigenvalue weighted by Gasteiger charge is -2.17. The normalized spacial score (nSPS) is 17.1. The summed E-state index contributed by atoms with van der Waals surface area (Å²) in [5, 5.41) is 8.24. The zero-order valence-corrected chi connectivity index (χ0v) is 15.3. The molecule has 3 rings (SSSR count). The average Bonchev–Trinajstić information content (AvgIpc) is 2.71. The molecule has 2 aromatic carbocycles. The van der Waals surface area contributed by atoms with E-state index in [0.29, 0.717) is 37.7 Å². The Morgan fingerprint density at radius 3 is 1.96 bits per heavy atom. The summed E-state index contributed by atoms with van der Waals surface area (Å²) in [6.07, 6.45) is 5.95. The van der Waals surface area contributed by atoms with Gasteiger partial charge in [0.1, 0.15) is 13.2 Å². The average molecular weight is 364 g/mol. The lowest BCUT2D eigenvalue weighted by Crippen LogP contribution is -2.19. The Labute approximate surface area is 160 Å². The topological polar surface area (TPSA) is 67.4 Å². The molecule has 0 fully saturated rings. The summed E-state index contributed by atoms with van der Waals surface area (Å²) in [5.41, 5.74) is 8.86. The van der Waals surface area contributed by atoms with Crippen LogP contribution in [0.5, 0.6) is 0 Å². The van der Waals surface area contributed by atoms with Gasteiger partial charge in [0, 0.05) is 18.5 Å². The molecule has 140 valence electrons. The van der Waals surface area contributed by atoms with Crippen LogP contribution < -0.4 is 5.73 Å². The van der Waals surface area contributed by atoms with Crippen LogP contribution in [0.4, 0.5) is 0 Å². The summed E-state index contributed by atoms with van der Waals surface area (Å²) in [6.45, 7) is 1.21. The summed E-state index contributed by atoms with van der Waals surface area (Å²) in [6, 6.07) is 20.0. The van der Waals surface area contributed by atoms with Gasteiger partial charge in [0.25, 0.3) is 0 Å². The van der Waals surface area contributed by atoms with Crippen molar-refractivity contribution in [2.24, 2.45) is 5.73 Å². The monoisotopic (exact) mass is 364 g/mol. The van der Waals surface area contributed by atoms with Gasteiger partial charge in [0.15, 0.2) is 17.6 Å². The Balaban J connectivity index is 1.84. The summed E-state index contributed by atoms with van der Waals surface area (Å²) in [7, 11) is 0. The maximum Gasteiger partial charge on any atom is 0.181 e. The van der Waals surface area contributed by atoms with E-state index in [4.69, 9.17) is 20.3 Å². The summed E-state index contributed by atoms with van der Waals surface area (Å²) in [5.74, 6) is 1.27. The Morgan fingerprint density at radius 2 is 1.41 bits per heavy atom. The van der Waals surface area contributed by atoms with Crippen molar-refractivity contribution in [3.05, 3.63) is 107 Å². The van der Waals surface area contributed by atoms with Crippen LogP contribution in [0.15, 0.2) is 96.0 Å². The van der Waals surface area contributed by atoms with E-state index in [0.717, 1.165) is 16.7 Å². The molecular formula is C23H26NO3+. The standard InChI is InChI=1S/C23H25NO3/c24-15-20-14-23(27-17-19-10-5-2-6-11-19)22(13-7-12-21(20)25)26-16-18-8-3-1-4-9-18/h1-11,13-14,21,25H,12,15-17,24H2/p+1. The largest absolute Gasteiger partial charge is 0.485 e. The van der Waals surface area contributed by atoms with Crippen LogP contribution in [0.2, 0.25) is 0 Å². The van der Waals surface area contributed by atoms with E-state index in [1.807, 2.05) is 78.9 Å². The van der Waals surface area contributed by atoms with Crippen LogP contribution in [0, 0.1) is 0 Å². The summed E-state index contributed by atoms with van der Waals surface area (Å²) in [4.78, 5) is 0. The predicted molar refractivity (Wildman–Crippen MR) is 108 cm³/mol. The number of allylic oxidation sites excluding steroid dienone is 2. The SMILES string of the molecule is NCC1=CC(OCc2ccccc2)=C(OCc2ccccc2)C=CCC1[OH2+]. The molecule has 0 bridgehead atoms. The van der Waals surface area contributed by atoms with E-state index in [-0.39, 0.29) is 6.10 Å². The van der Waals surface area contributed by atoms with Gasteiger partial charge in [-0.2, -0.15) is 0 Å². The molecule has 0 aromatic heterocycles. The third kappa shape index (κ3) is 5.58. The molecule has 0 amide bonds. The van der Waals surface area contributed by atoms with Gasteiger partial charge < -0.3 is 20.3 Å². The number of hydrogen-bond acceptors (Lipinski definition) is 3. The molecule has 4 heteroatoms. The number of ether oxygens (including phenoxy) is 2. The number of nitrogens with two attached hydrogens (primary N) is 1. The van der Waals surface area contributed by atoms with E-state index >= 15 is 0 Å². The van der Waals surface area contributed by atoms with Crippen molar-refractivity contribution >= 4 is 0 Å². The second kappa shape index (κ2) is 9.76. The molecule has 4 N–H and O–H groups in total. The van der Waals surface area contributed by atoms with E-state index in [9.17, 15) is 0 Å². The Morgan fingerprint density at radius 1 is 0.852 bits per heavy atom. The van der Waals surface area contributed by atoms with E-state index in [1.165, 1.54) is 0 Å². The molecule has 27 heavy (non-hydrogen) atoms. The van der Waals surface area contributed by atoms with Crippen LogP contribution in [0.1, 0.15) is 17.5 Å². The molecular weight excluding hydrogens is 338 g/mol. The fraction of sp³-hybridized carbons (Fsp3) is 0.217. The third-order valence-electron chi connectivity index (χ3n) is 4.36. The first-order chi connectivity index (χ1) is 13.3. The summed E-state index contributed by atoms with van der Waals surface area (Å²) >= 11 is 0. The van der Waals surface area contributed by atoms with Crippen LogP contribution >= 0.6 is 0 Å². The fourth-order valence-corrected chi connectivity index (χ4v) is 2.79. The zero-order valence-electron chi connectivity index (χ0n) is 15.3. The van der Waals surface area contributed by atoms with Gasteiger partial charge >= 0.3 is 0 Å². The van der Waals surface area contributed by atoms with E-state index in [1.54, 1.807) is 0 Å². The third-order valence-corrected chi connectivity index (χ3v) is 4.36. The highest BCUT2D eigenvalue weighted by molar-refractivity contribution is 5.32. The molecule has 1 aliphatic rings. The minimum absolute atomic E-state index is 0.326. The van der Waals surface area contributed by atoms with Crippen molar-refractivity contribution in [2.45, 2.75) is 25.7 Å². The van der Waals surface area contributed by atoms with Crippen molar-refractivity contribution in [3.8, 4) is 0 Å². The molecule has 4 nitrogen and oxygen atoms in total. The lowest BCUT2D eigenvalue weighted by molar-refractivity contribution is 0.152. The highest BCUT2D eigenvalue weighted by Crippen LogP contribution is 2.22. The van der Waals surface area contributed by atoms with E-state index in [2.05, 4.69) is 0 Å². The van der Waals surface area contributed by atoms with Crippen molar-refractivity contribution in [1.82, 2.24) is 0 Å². The van der Waals surface area contributed by atoms with Gasteiger partial charge in [0.2, 0.25) is 0 Å². The minimum Gasteiger partial charge on any atom is -0.485 e. The zero-order chi connectivity index (χ0) is 18.9.